The molecule has 0 saturated carbocycles. The molecule has 0 amide bonds. The van der Waals surface area contributed by atoms with Crippen LogP contribution in [0.3, 0.4) is 0 Å². The lowest BCUT2D eigenvalue weighted by molar-refractivity contribution is 0.669. The molecule has 0 aliphatic rings. The summed E-state index contributed by atoms with van der Waals surface area (Å²) in [6.07, 6.45) is 0. The number of rotatable bonds is 4. The Balaban J connectivity index is 1.17. The number of aromatic nitrogens is 4. The molecule has 13 rings (SSSR count). The van der Waals surface area contributed by atoms with Crippen LogP contribution >= 0.6 is 11.3 Å². The zero-order chi connectivity index (χ0) is 38.6. The van der Waals surface area contributed by atoms with Crippen molar-refractivity contribution in [2.24, 2.45) is 0 Å². The predicted octanol–water partition coefficient (Wildman–Crippen LogP) is 14.5. The molecule has 4 heterocycles. The Kier molecular flexibility index (Phi) is 6.82. The third-order valence-corrected chi connectivity index (χ3v) is 13.0. The first-order valence-electron chi connectivity index (χ1n) is 19.8. The molecular weight excluding hydrogens is 741 g/mol. The molecule has 59 heavy (non-hydrogen) atoms. The molecule has 274 valence electrons. The van der Waals surface area contributed by atoms with E-state index in [4.69, 9.17) is 19.4 Å². The average Bonchev–Trinajstić information content (AvgIpc) is 3.96. The van der Waals surface area contributed by atoms with Gasteiger partial charge in [-0.25, -0.2) is 15.0 Å². The number of hydrogen-bond donors (Lipinski definition) is 0. The standard InChI is InChI=1S/C53H30N4OS/c1-2-14-33-29-44-41(28-32(33)13-1)36-17-5-8-21-42(36)57(44)43-26-27-46-49(40-19-6-9-22-45(40)58-46)50(43)53-55-51(34-24-25-38-37-18-7-10-23-47(37)59-48(38)30-34)54-52(56-53)39-20-11-15-31-12-3-4-16-35(31)39/h1-30H. The summed E-state index contributed by atoms with van der Waals surface area (Å²) in [6.45, 7) is 0. The van der Waals surface area contributed by atoms with Crippen LogP contribution in [0.5, 0.6) is 0 Å². The third-order valence-electron chi connectivity index (χ3n) is 11.8. The molecule has 13 aromatic rings. The lowest BCUT2D eigenvalue weighted by Crippen LogP contribution is -2.04. The minimum absolute atomic E-state index is 0.577. The molecule has 0 saturated heterocycles. The highest BCUT2D eigenvalue weighted by Crippen LogP contribution is 2.44. The fourth-order valence-electron chi connectivity index (χ4n) is 9.16. The maximum Gasteiger partial charge on any atom is 0.166 e. The minimum Gasteiger partial charge on any atom is -0.456 e. The van der Waals surface area contributed by atoms with Crippen molar-refractivity contribution in [3.63, 3.8) is 0 Å². The molecule has 6 heteroatoms. The minimum atomic E-state index is 0.577. The van der Waals surface area contributed by atoms with E-state index < -0.39 is 0 Å². The highest BCUT2D eigenvalue weighted by Gasteiger charge is 2.25. The van der Waals surface area contributed by atoms with Crippen LogP contribution < -0.4 is 0 Å². The second-order valence-electron chi connectivity index (χ2n) is 15.1. The van der Waals surface area contributed by atoms with Gasteiger partial charge in [-0.1, -0.05) is 133 Å². The van der Waals surface area contributed by atoms with Crippen molar-refractivity contribution in [2.75, 3.05) is 0 Å². The number of para-hydroxylation sites is 2. The van der Waals surface area contributed by atoms with Gasteiger partial charge in [-0.2, -0.15) is 0 Å². The zero-order valence-corrected chi connectivity index (χ0v) is 32.2. The molecule has 0 radical (unpaired) electrons. The fraction of sp³-hybridized carbons (Fsp3) is 0. The van der Waals surface area contributed by atoms with Crippen molar-refractivity contribution < 1.29 is 4.42 Å². The summed E-state index contributed by atoms with van der Waals surface area (Å²) in [5.74, 6) is 1.80. The van der Waals surface area contributed by atoms with E-state index in [9.17, 15) is 0 Å². The highest BCUT2D eigenvalue weighted by molar-refractivity contribution is 7.25. The maximum absolute atomic E-state index is 6.60. The van der Waals surface area contributed by atoms with Crippen molar-refractivity contribution >= 4 is 96.8 Å². The van der Waals surface area contributed by atoms with Crippen LogP contribution in [0.1, 0.15) is 0 Å². The van der Waals surface area contributed by atoms with Crippen LogP contribution in [0.4, 0.5) is 0 Å². The van der Waals surface area contributed by atoms with Gasteiger partial charge in [0.1, 0.15) is 11.2 Å². The number of hydrogen-bond acceptors (Lipinski definition) is 5. The van der Waals surface area contributed by atoms with E-state index in [2.05, 4.69) is 174 Å². The van der Waals surface area contributed by atoms with Gasteiger partial charge in [0.25, 0.3) is 0 Å². The summed E-state index contributed by atoms with van der Waals surface area (Å²) in [7, 11) is 0. The predicted molar refractivity (Wildman–Crippen MR) is 246 cm³/mol. The molecule has 0 aliphatic carbocycles. The van der Waals surface area contributed by atoms with Gasteiger partial charge in [-0.3, -0.25) is 0 Å². The number of benzene rings is 9. The molecule has 0 aliphatic heterocycles. The molecular formula is C53H30N4OS. The van der Waals surface area contributed by atoms with Crippen LogP contribution in [0.25, 0.3) is 125 Å². The second kappa shape index (κ2) is 12.4. The number of fused-ring (bicyclic) bond motifs is 11. The van der Waals surface area contributed by atoms with Gasteiger partial charge < -0.3 is 8.98 Å². The fourth-order valence-corrected chi connectivity index (χ4v) is 10.3. The van der Waals surface area contributed by atoms with Crippen LogP contribution in [-0.4, -0.2) is 19.5 Å². The van der Waals surface area contributed by atoms with Gasteiger partial charge in [0, 0.05) is 52.8 Å². The largest absolute Gasteiger partial charge is 0.456 e. The Labute approximate surface area is 341 Å². The SMILES string of the molecule is c1ccc2cc3c(cc2c1)c1ccccc1n3-c1ccc2oc3ccccc3c2c1-c1nc(-c2ccc3c(c2)sc2ccccc23)nc(-c2cccc3ccccc23)n1. The van der Waals surface area contributed by atoms with Crippen molar-refractivity contribution in [3.05, 3.63) is 182 Å². The quantitative estimate of drug-likeness (QED) is 0.179. The Morgan fingerprint density at radius 3 is 1.98 bits per heavy atom. The average molecular weight is 771 g/mol. The molecule has 9 aromatic carbocycles. The van der Waals surface area contributed by atoms with Gasteiger partial charge in [-0.15, -0.1) is 11.3 Å². The molecule has 0 fully saturated rings. The topological polar surface area (TPSA) is 56.7 Å². The summed E-state index contributed by atoms with van der Waals surface area (Å²) in [4.78, 5) is 16.3. The van der Waals surface area contributed by atoms with Crippen molar-refractivity contribution in [1.29, 1.82) is 0 Å². The molecule has 0 atom stereocenters. The summed E-state index contributed by atoms with van der Waals surface area (Å²) >= 11 is 1.79. The van der Waals surface area contributed by atoms with Gasteiger partial charge >= 0.3 is 0 Å². The van der Waals surface area contributed by atoms with Gasteiger partial charge in [-0.05, 0) is 70.1 Å². The summed E-state index contributed by atoms with van der Waals surface area (Å²) < 4.78 is 11.4. The van der Waals surface area contributed by atoms with Crippen molar-refractivity contribution in [3.8, 4) is 39.9 Å². The Morgan fingerprint density at radius 1 is 0.407 bits per heavy atom. The Bertz CT molecular complexity index is 3870. The van der Waals surface area contributed by atoms with Gasteiger partial charge in [0.2, 0.25) is 0 Å². The van der Waals surface area contributed by atoms with E-state index in [1.165, 1.54) is 41.7 Å². The monoisotopic (exact) mass is 770 g/mol. The lowest BCUT2D eigenvalue weighted by Gasteiger charge is -2.16. The van der Waals surface area contributed by atoms with E-state index in [1.807, 2.05) is 12.1 Å². The first-order chi connectivity index (χ1) is 29.2. The molecule has 4 aromatic heterocycles. The summed E-state index contributed by atoms with van der Waals surface area (Å²) in [5, 5.41) is 11.4. The lowest BCUT2D eigenvalue weighted by atomic mass is 10.0. The molecule has 0 bridgehead atoms. The molecule has 0 N–H and O–H groups in total. The second-order valence-corrected chi connectivity index (χ2v) is 16.2. The normalized spacial score (nSPS) is 12.1. The maximum atomic E-state index is 6.60. The van der Waals surface area contributed by atoms with E-state index >= 15 is 0 Å². The highest BCUT2D eigenvalue weighted by atomic mass is 32.1. The van der Waals surface area contributed by atoms with Crippen LogP contribution in [0.2, 0.25) is 0 Å². The number of nitrogens with zero attached hydrogens (tertiary/aromatic N) is 4. The van der Waals surface area contributed by atoms with Gasteiger partial charge in [0.05, 0.1) is 22.3 Å². The van der Waals surface area contributed by atoms with Crippen LogP contribution in [-0.2, 0) is 0 Å². The smallest absolute Gasteiger partial charge is 0.166 e. The van der Waals surface area contributed by atoms with Crippen molar-refractivity contribution in [2.45, 2.75) is 0 Å². The first kappa shape index (κ1) is 32.4. The summed E-state index contributed by atoms with van der Waals surface area (Å²) in [5.41, 5.74) is 7.53. The van der Waals surface area contributed by atoms with Crippen LogP contribution in [0, 0.1) is 0 Å². The number of thiophene rings is 1. The van der Waals surface area contributed by atoms with E-state index in [0.29, 0.717) is 17.5 Å². The first-order valence-corrected chi connectivity index (χ1v) is 20.6. The third kappa shape index (κ3) is 4.87. The van der Waals surface area contributed by atoms with Crippen LogP contribution in [0.15, 0.2) is 186 Å². The Hall–Kier alpha value is -7.67. The molecule has 0 unspecified atom stereocenters. The van der Waals surface area contributed by atoms with E-state index in [-0.39, 0.29) is 0 Å². The molecule has 5 nitrogen and oxygen atoms in total. The number of furan rings is 1. The zero-order valence-electron chi connectivity index (χ0n) is 31.4. The van der Waals surface area contributed by atoms with Gasteiger partial charge in [0.15, 0.2) is 17.5 Å². The van der Waals surface area contributed by atoms with E-state index in [1.54, 1.807) is 11.3 Å². The van der Waals surface area contributed by atoms with Crippen molar-refractivity contribution in [1.82, 2.24) is 19.5 Å². The summed E-state index contributed by atoms with van der Waals surface area (Å²) in [6, 6.07) is 64.4. The van der Waals surface area contributed by atoms with E-state index in [0.717, 1.165) is 66.1 Å². The Morgan fingerprint density at radius 2 is 1.08 bits per heavy atom. The molecule has 0 spiro atoms.